The Morgan fingerprint density at radius 1 is 1.38 bits per heavy atom. The topological polar surface area (TPSA) is 66.8 Å². The van der Waals surface area contributed by atoms with Crippen molar-refractivity contribution in [3.8, 4) is 0 Å². The second kappa shape index (κ2) is 6.93. The number of carboxylic acid groups (broad SMARTS) is 1. The van der Waals surface area contributed by atoms with E-state index >= 15 is 0 Å². The number of carbonyl (C=O) groups is 2. The maximum Gasteiger partial charge on any atom is 0.334 e. The van der Waals surface area contributed by atoms with E-state index in [0.29, 0.717) is 22.2 Å². The summed E-state index contributed by atoms with van der Waals surface area (Å²) in [5.41, 5.74) is 0.626. The van der Waals surface area contributed by atoms with Crippen LogP contribution >= 0.6 is 23.2 Å². The number of rotatable bonds is 3. The summed E-state index contributed by atoms with van der Waals surface area (Å²) in [7, 11) is 0. The molecule has 5 nitrogen and oxygen atoms in total. The standard InChI is InChI=1S/C14H13Cl2NO4/c15-10-3-1-2-9(13(10)16)4-5-12(18)17-6-7-21-11(8-17)14(19)20/h1-5,11H,6-8H2,(H,19,20)/b5-4+/t11-/m1/s1. The highest BCUT2D eigenvalue weighted by molar-refractivity contribution is 6.42. The summed E-state index contributed by atoms with van der Waals surface area (Å²) in [5, 5.41) is 9.67. The van der Waals surface area contributed by atoms with Crippen LogP contribution in [0.4, 0.5) is 0 Å². The van der Waals surface area contributed by atoms with Crippen LogP contribution in [0.3, 0.4) is 0 Å². The number of nitrogens with zero attached hydrogens (tertiary/aromatic N) is 1. The van der Waals surface area contributed by atoms with Gasteiger partial charge in [-0.3, -0.25) is 4.79 Å². The van der Waals surface area contributed by atoms with Crippen LogP contribution in [0.1, 0.15) is 5.56 Å². The van der Waals surface area contributed by atoms with Crippen LogP contribution in [0.15, 0.2) is 24.3 Å². The molecular formula is C14H13Cl2NO4. The van der Waals surface area contributed by atoms with Gasteiger partial charge in [-0.05, 0) is 17.7 Å². The fourth-order valence-corrected chi connectivity index (χ4v) is 2.29. The van der Waals surface area contributed by atoms with E-state index in [1.165, 1.54) is 11.0 Å². The third-order valence-corrected chi connectivity index (χ3v) is 3.87. The van der Waals surface area contributed by atoms with Gasteiger partial charge in [0.05, 0.1) is 23.2 Å². The monoisotopic (exact) mass is 329 g/mol. The third kappa shape index (κ3) is 3.97. The summed E-state index contributed by atoms with van der Waals surface area (Å²) in [6, 6.07) is 5.12. The first-order valence-corrected chi connectivity index (χ1v) is 7.00. The van der Waals surface area contributed by atoms with Crippen LogP contribution in [0.2, 0.25) is 10.0 Å². The van der Waals surface area contributed by atoms with Crippen LogP contribution in [0.25, 0.3) is 6.08 Å². The highest BCUT2D eigenvalue weighted by Crippen LogP contribution is 2.26. The minimum absolute atomic E-state index is 0.0295. The molecule has 1 fully saturated rings. The zero-order valence-electron chi connectivity index (χ0n) is 11.0. The predicted molar refractivity (Wildman–Crippen MR) is 79.5 cm³/mol. The van der Waals surface area contributed by atoms with Crippen molar-refractivity contribution in [3.05, 3.63) is 39.9 Å². The molecule has 0 aliphatic carbocycles. The molecule has 0 unspecified atom stereocenters. The van der Waals surface area contributed by atoms with Gasteiger partial charge in [0.1, 0.15) is 0 Å². The minimum atomic E-state index is -1.07. The fourth-order valence-electron chi connectivity index (χ4n) is 1.91. The van der Waals surface area contributed by atoms with Gasteiger partial charge >= 0.3 is 5.97 Å². The molecule has 1 aliphatic rings. The average molecular weight is 330 g/mol. The van der Waals surface area contributed by atoms with Crippen molar-refractivity contribution in [1.29, 1.82) is 0 Å². The quantitative estimate of drug-likeness (QED) is 0.864. The molecule has 1 N–H and O–H groups in total. The van der Waals surface area contributed by atoms with Gasteiger partial charge in [-0.1, -0.05) is 35.3 Å². The zero-order chi connectivity index (χ0) is 15.4. The molecule has 2 rings (SSSR count). The zero-order valence-corrected chi connectivity index (χ0v) is 12.5. The summed E-state index contributed by atoms with van der Waals surface area (Å²) in [5.74, 6) is -1.37. The molecule has 1 aromatic carbocycles. The van der Waals surface area contributed by atoms with Crippen LogP contribution in [0, 0.1) is 0 Å². The lowest BCUT2D eigenvalue weighted by atomic mass is 10.2. The molecule has 1 aliphatic heterocycles. The molecule has 1 atom stereocenters. The van der Waals surface area contributed by atoms with Crippen molar-refractivity contribution in [2.24, 2.45) is 0 Å². The number of carbonyl (C=O) groups excluding carboxylic acids is 1. The van der Waals surface area contributed by atoms with Gasteiger partial charge < -0.3 is 14.7 Å². The molecule has 0 radical (unpaired) electrons. The Labute approximate surface area is 131 Å². The largest absolute Gasteiger partial charge is 0.479 e. The number of ether oxygens (including phenoxy) is 1. The van der Waals surface area contributed by atoms with E-state index in [0.717, 1.165) is 0 Å². The highest BCUT2D eigenvalue weighted by atomic mass is 35.5. The fraction of sp³-hybridized carbons (Fsp3) is 0.286. The van der Waals surface area contributed by atoms with Crippen LogP contribution in [-0.4, -0.2) is 47.7 Å². The van der Waals surface area contributed by atoms with Gasteiger partial charge in [-0.15, -0.1) is 0 Å². The molecule has 112 valence electrons. The van der Waals surface area contributed by atoms with Gasteiger partial charge in [0, 0.05) is 12.6 Å². The molecular weight excluding hydrogens is 317 g/mol. The molecule has 0 saturated carbocycles. The first-order chi connectivity index (χ1) is 9.99. The molecule has 1 aromatic rings. The maximum atomic E-state index is 12.1. The van der Waals surface area contributed by atoms with Gasteiger partial charge in [-0.25, -0.2) is 4.79 Å². The molecule has 0 aromatic heterocycles. The van der Waals surface area contributed by atoms with Crippen LogP contribution in [0.5, 0.6) is 0 Å². The SMILES string of the molecule is O=C(O)[C@H]1CN(C(=O)/C=C/c2cccc(Cl)c2Cl)CCO1. The first-order valence-electron chi connectivity index (χ1n) is 6.24. The number of benzene rings is 1. The Kier molecular flexibility index (Phi) is 5.22. The summed E-state index contributed by atoms with van der Waals surface area (Å²) in [6.45, 7) is 0.590. The van der Waals surface area contributed by atoms with Crippen molar-refractivity contribution in [1.82, 2.24) is 4.90 Å². The Morgan fingerprint density at radius 3 is 2.86 bits per heavy atom. The Morgan fingerprint density at radius 2 is 2.14 bits per heavy atom. The van der Waals surface area contributed by atoms with Gasteiger partial charge in [0.25, 0.3) is 0 Å². The van der Waals surface area contributed by atoms with Crippen molar-refractivity contribution >= 4 is 41.2 Å². The Hall–Kier alpha value is -1.56. The lowest BCUT2D eigenvalue weighted by Crippen LogP contribution is -2.48. The number of carboxylic acids is 1. The number of amides is 1. The molecule has 0 bridgehead atoms. The molecule has 1 amide bonds. The number of hydrogen-bond acceptors (Lipinski definition) is 3. The van der Waals surface area contributed by atoms with E-state index in [2.05, 4.69) is 0 Å². The average Bonchev–Trinajstić information content (AvgIpc) is 2.48. The van der Waals surface area contributed by atoms with E-state index in [1.807, 2.05) is 0 Å². The summed E-state index contributed by atoms with van der Waals surface area (Å²) in [4.78, 5) is 24.3. The maximum absolute atomic E-state index is 12.1. The van der Waals surface area contributed by atoms with Crippen LogP contribution in [-0.2, 0) is 14.3 Å². The first kappa shape index (κ1) is 15.8. The van der Waals surface area contributed by atoms with Gasteiger partial charge in [0.2, 0.25) is 5.91 Å². The Balaban J connectivity index is 2.05. The molecule has 1 saturated heterocycles. The van der Waals surface area contributed by atoms with E-state index in [4.69, 9.17) is 33.0 Å². The second-order valence-corrected chi connectivity index (χ2v) is 5.24. The second-order valence-electron chi connectivity index (χ2n) is 4.46. The number of aliphatic carboxylic acids is 1. The van der Waals surface area contributed by atoms with Crippen LogP contribution < -0.4 is 0 Å². The van der Waals surface area contributed by atoms with E-state index in [-0.39, 0.29) is 19.1 Å². The minimum Gasteiger partial charge on any atom is -0.479 e. The van der Waals surface area contributed by atoms with Crippen molar-refractivity contribution < 1.29 is 19.4 Å². The highest BCUT2D eigenvalue weighted by Gasteiger charge is 2.27. The number of hydrogen-bond donors (Lipinski definition) is 1. The van der Waals surface area contributed by atoms with E-state index in [1.54, 1.807) is 24.3 Å². The predicted octanol–water partition coefficient (Wildman–Crippen LogP) is 2.32. The molecule has 0 spiro atoms. The van der Waals surface area contributed by atoms with Gasteiger partial charge in [-0.2, -0.15) is 0 Å². The van der Waals surface area contributed by atoms with E-state index in [9.17, 15) is 9.59 Å². The smallest absolute Gasteiger partial charge is 0.334 e. The van der Waals surface area contributed by atoms with Crippen molar-refractivity contribution in [2.45, 2.75) is 6.10 Å². The number of halogens is 2. The Bertz CT molecular complexity index is 588. The number of morpholine rings is 1. The molecule has 21 heavy (non-hydrogen) atoms. The van der Waals surface area contributed by atoms with Crippen molar-refractivity contribution in [2.75, 3.05) is 19.7 Å². The van der Waals surface area contributed by atoms with E-state index < -0.39 is 12.1 Å². The summed E-state index contributed by atoms with van der Waals surface area (Å²) >= 11 is 11.9. The van der Waals surface area contributed by atoms with Crippen molar-refractivity contribution in [3.63, 3.8) is 0 Å². The molecule has 7 heteroatoms. The summed E-state index contributed by atoms with van der Waals surface area (Å²) < 4.78 is 5.06. The summed E-state index contributed by atoms with van der Waals surface area (Å²) in [6.07, 6.45) is 1.93. The normalized spacial score (nSPS) is 19.0. The molecule has 1 heterocycles. The third-order valence-electron chi connectivity index (χ3n) is 3.04. The lowest BCUT2D eigenvalue weighted by Gasteiger charge is -2.30. The lowest BCUT2D eigenvalue weighted by molar-refractivity contribution is -0.158. The van der Waals surface area contributed by atoms with Gasteiger partial charge in [0.15, 0.2) is 6.10 Å².